The molecule has 12 aromatic rings. The lowest BCUT2D eigenvalue weighted by molar-refractivity contribution is 0.587. The molecule has 0 atom stereocenters. The first-order valence-corrected chi connectivity index (χ1v) is 31.3. The smallest absolute Gasteiger partial charge is 0.137 e. The minimum Gasteiger partial charge on any atom is -0.321 e. The van der Waals surface area contributed by atoms with Gasteiger partial charge in [0.05, 0.1) is 28.4 Å². The SMILES string of the molecule is CC(C)(C)c1ccc(N2c3ccccc3-c3ccccc3-c3ccc(N(c4ccccc4)c4cc(N5CN(c6c(-c7cccc(-c8ccccc8)c7)cc(C(C)(C)C)cc6-c6cccc(-c7ccccc7)c6)c6ccccc65)cc(C(C)(C)C)c4)cc32)nc1. The molecule has 1 aromatic heterocycles. The number of aromatic nitrogens is 1. The quantitative estimate of drug-likeness (QED) is 0.136. The molecule has 2 aliphatic rings. The molecule has 11 aromatic carbocycles. The predicted molar refractivity (Wildman–Crippen MR) is 378 cm³/mol. The highest BCUT2D eigenvalue weighted by molar-refractivity contribution is 6.04. The summed E-state index contributed by atoms with van der Waals surface area (Å²) < 4.78 is 0. The van der Waals surface area contributed by atoms with Gasteiger partial charge in [-0.1, -0.05) is 244 Å². The van der Waals surface area contributed by atoms with E-state index in [1.165, 1.54) is 78.0 Å². The number of rotatable bonds is 10. The van der Waals surface area contributed by atoms with Crippen LogP contribution in [0.15, 0.2) is 279 Å². The van der Waals surface area contributed by atoms with Crippen molar-refractivity contribution >= 4 is 57.0 Å². The summed E-state index contributed by atoms with van der Waals surface area (Å²) >= 11 is 0. The van der Waals surface area contributed by atoms with Crippen molar-refractivity contribution in [1.82, 2.24) is 4.98 Å². The third-order valence-corrected chi connectivity index (χ3v) is 17.9. The molecule has 0 amide bonds. The van der Waals surface area contributed by atoms with E-state index < -0.39 is 0 Å². The number of fused-ring (bicyclic) bond motifs is 6. The molecular weight excluding hydrogens is 1080 g/mol. The van der Waals surface area contributed by atoms with Crippen molar-refractivity contribution in [3.8, 4) is 66.8 Å². The highest BCUT2D eigenvalue weighted by atomic mass is 15.4. The minimum atomic E-state index is -0.217. The van der Waals surface area contributed by atoms with E-state index in [0.29, 0.717) is 6.67 Å². The second kappa shape index (κ2) is 22.5. The first-order chi connectivity index (χ1) is 43.0. The lowest BCUT2D eigenvalue weighted by Crippen LogP contribution is -2.26. The van der Waals surface area contributed by atoms with Gasteiger partial charge in [-0.05, 0) is 168 Å². The molecule has 2 aliphatic heterocycles. The van der Waals surface area contributed by atoms with E-state index in [0.717, 1.165) is 62.4 Å². The molecule has 0 fully saturated rings. The number of pyridine rings is 1. The van der Waals surface area contributed by atoms with Crippen LogP contribution >= 0.6 is 0 Å². The zero-order valence-electron chi connectivity index (χ0n) is 52.5. The number of para-hydroxylation sites is 4. The third-order valence-electron chi connectivity index (χ3n) is 17.9. The molecule has 0 spiro atoms. The Labute approximate surface area is 526 Å². The molecule has 5 heteroatoms. The molecule has 0 bridgehead atoms. The van der Waals surface area contributed by atoms with Crippen molar-refractivity contribution in [3.63, 3.8) is 0 Å². The number of anilines is 10. The van der Waals surface area contributed by atoms with Crippen molar-refractivity contribution in [2.24, 2.45) is 0 Å². The van der Waals surface area contributed by atoms with Gasteiger partial charge in [-0.2, -0.15) is 0 Å². The van der Waals surface area contributed by atoms with Crippen LogP contribution in [0.4, 0.5) is 57.0 Å². The largest absolute Gasteiger partial charge is 0.321 e. The van der Waals surface area contributed by atoms with Crippen LogP contribution in [0, 0.1) is 0 Å². The molecule has 3 heterocycles. The lowest BCUT2D eigenvalue weighted by Gasteiger charge is -2.33. The topological polar surface area (TPSA) is 25.9 Å². The van der Waals surface area contributed by atoms with Gasteiger partial charge in [0.15, 0.2) is 0 Å². The molecule has 0 radical (unpaired) electrons. The van der Waals surface area contributed by atoms with Gasteiger partial charge in [-0.3, -0.25) is 4.90 Å². The summed E-state index contributed by atoms with van der Waals surface area (Å²) in [5.74, 6) is 0.865. The Morgan fingerprint density at radius 2 is 0.775 bits per heavy atom. The maximum Gasteiger partial charge on any atom is 0.137 e. The van der Waals surface area contributed by atoms with Crippen molar-refractivity contribution in [2.45, 2.75) is 78.6 Å². The van der Waals surface area contributed by atoms with E-state index in [1.807, 2.05) is 0 Å². The van der Waals surface area contributed by atoms with Crippen LogP contribution in [0.3, 0.4) is 0 Å². The molecule has 5 nitrogen and oxygen atoms in total. The Bertz CT molecular complexity index is 4480. The van der Waals surface area contributed by atoms with Crippen LogP contribution in [0.25, 0.3) is 66.8 Å². The van der Waals surface area contributed by atoms with Crippen molar-refractivity contribution in [3.05, 3.63) is 296 Å². The standard InChI is InChI=1S/C84H75N5/c1-82(2,3)63-43-46-80(85-55-63)89-76-40-22-21-39-72(76)70-37-19-20-38-71(70)73-45-44-67(54-79(73)89)88(66-35-17-12-18-36-66)69-50-64(83(4,5)6)49-68(53-69)86-56-87(78-42-24-23-41-77(78)86)81-74(61-33-25-31-59(47-61)57-27-13-10-14-28-57)51-65(84(7,8)9)52-75(81)62-34-26-32-60(48-62)58-29-15-11-16-30-58/h10-55H,56H2,1-9H3. The molecule has 0 N–H and O–H groups in total. The maximum atomic E-state index is 5.30. The van der Waals surface area contributed by atoms with E-state index in [4.69, 9.17) is 4.98 Å². The second-order valence-corrected chi connectivity index (χ2v) is 27.0. The molecule has 0 aliphatic carbocycles. The number of hydrogen-bond acceptors (Lipinski definition) is 5. The molecule has 14 rings (SSSR count). The van der Waals surface area contributed by atoms with Crippen LogP contribution in [-0.2, 0) is 16.2 Å². The molecule has 0 saturated carbocycles. The van der Waals surface area contributed by atoms with Crippen LogP contribution in [0.5, 0.6) is 0 Å². The van der Waals surface area contributed by atoms with Gasteiger partial charge in [0, 0.05) is 51.2 Å². The van der Waals surface area contributed by atoms with E-state index in [2.05, 4.69) is 361 Å². The zero-order chi connectivity index (χ0) is 61.2. The highest BCUT2D eigenvalue weighted by Crippen LogP contribution is 2.55. The first kappa shape index (κ1) is 56.6. The monoisotopic (exact) mass is 1150 g/mol. The van der Waals surface area contributed by atoms with Gasteiger partial charge in [0.25, 0.3) is 0 Å². The Morgan fingerprint density at radius 1 is 0.303 bits per heavy atom. The summed E-state index contributed by atoms with van der Waals surface area (Å²) in [6.45, 7) is 21.3. The Kier molecular flexibility index (Phi) is 14.3. The van der Waals surface area contributed by atoms with Gasteiger partial charge < -0.3 is 14.7 Å². The summed E-state index contributed by atoms with van der Waals surface area (Å²) in [4.78, 5) is 15.3. The van der Waals surface area contributed by atoms with Gasteiger partial charge in [0.1, 0.15) is 12.5 Å². The highest BCUT2D eigenvalue weighted by Gasteiger charge is 2.35. The van der Waals surface area contributed by atoms with Crippen molar-refractivity contribution < 1.29 is 0 Å². The van der Waals surface area contributed by atoms with E-state index in [-0.39, 0.29) is 16.2 Å². The van der Waals surface area contributed by atoms with Crippen molar-refractivity contribution in [2.75, 3.05) is 26.3 Å². The Morgan fingerprint density at radius 3 is 1.33 bits per heavy atom. The molecule has 0 unspecified atom stereocenters. The first-order valence-electron chi connectivity index (χ1n) is 31.3. The van der Waals surface area contributed by atoms with Crippen LogP contribution < -0.4 is 19.6 Å². The average molecular weight is 1150 g/mol. The second-order valence-electron chi connectivity index (χ2n) is 27.0. The molecular formula is C84H75N5. The van der Waals surface area contributed by atoms with E-state index in [1.54, 1.807) is 0 Å². The summed E-state index contributed by atoms with van der Waals surface area (Å²) in [7, 11) is 0. The lowest BCUT2D eigenvalue weighted by atomic mass is 9.81. The summed E-state index contributed by atoms with van der Waals surface area (Å²) in [6, 6.07) is 101. The summed E-state index contributed by atoms with van der Waals surface area (Å²) in [5.41, 5.74) is 27.3. The fourth-order valence-corrected chi connectivity index (χ4v) is 13.0. The van der Waals surface area contributed by atoms with Crippen LogP contribution in [0.1, 0.15) is 79.0 Å². The van der Waals surface area contributed by atoms with Crippen LogP contribution in [0.2, 0.25) is 0 Å². The number of benzene rings is 11. The zero-order valence-corrected chi connectivity index (χ0v) is 52.5. The van der Waals surface area contributed by atoms with Crippen LogP contribution in [-0.4, -0.2) is 11.7 Å². The third kappa shape index (κ3) is 10.8. The maximum absolute atomic E-state index is 5.30. The Balaban J connectivity index is 0.967. The van der Waals surface area contributed by atoms with E-state index in [9.17, 15) is 0 Å². The molecule has 436 valence electrons. The molecule has 0 saturated heterocycles. The number of hydrogen-bond donors (Lipinski definition) is 0. The number of nitrogens with zero attached hydrogens (tertiary/aromatic N) is 5. The summed E-state index contributed by atoms with van der Waals surface area (Å²) in [5, 5.41) is 0. The fourth-order valence-electron chi connectivity index (χ4n) is 13.0. The van der Waals surface area contributed by atoms with Crippen molar-refractivity contribution in [1.29, 1.82) is 0 Å². The van der Waals surface area contributed by atoms with Gasteiger partial charge >= 0.3 is 0 Å². The summed E-state index contributed by atoms with van der Waals surface area (Å²) in [6.07, 6.45) is 2.06. The van der Waals surface area contributed by atoms with E-state index >= 15 is 0 Å². The fraction of sp³-hybridized carbons (Fsp3) is 0.155. The predicted octanol–water partition coefficient (Wildman–Crippen LogP) is 23.5. The minimum absolute atomic E-state index is 0.0517. The van der Waals surface area contributed by atoms with Gasteiger partial charge in [-0.15, -0.1) is 0 Å². The van der Waals surface area contributed by atoms with Gasteiger partial charge in [0.2, 0.25) is 0 Å². The normalized spacial score (nSPS) is 12.9. The average Bonchev–Trinajstić information content (AvgIpc) is 1.95. The van der Waals surface area contributed by atoms with Gasteiger partial charge in [-0.25, -0.2) is 4.98 Å². The Hall–Kier alpha value is -10.2. The molecule has 89 heavy (non-hydrogen) atoms.